The van der Waals surface area contributed by atoms with Gasteiger partial charge in [0.15, 0.2) is 17.6 Å². The molecular formula is C20H19N3O5. The van der Waals surface area contributed by atoms with Crippen molar-refractivity contribution in [3.63, 3.8) is 0 Å². The minimum atomic E-state index is -1.06. The highest BCUT2D eigenvalue weighted by molar-refractivity contribution is 5.95. The first-order chi connectivity index (χ1) is 13.5. The first kappa shape index (κ1) is 19.1. The summed E-state index contributed by atoms with van der Waals surface area (Å²) < 4.78 is 10.6. The van der Waals surface area contributed by atoms with Gasteiger partial charge >= 0.3 is 5.97 Å². The highest BCUT2D eigenvalue weighted by Gasteiger charge is 2.19. The number of hydrogen-bond donors (Lipinski definition) is 2. The lowest BCUT2D eigenvalue weighted by atomic mass is 10.2. The molecular weight excluding hydrogens is 362 g/mol. The maximum absolute atomic E-state index is 12.0. The van der Waals surface area contributed by atoms with E-state index in [1.54, 1.807) is 36.4 Å². The number of ether oxygens (including phenoxy) is 1. The predicted octanol–water partition coefficient (Wildman–Crippen LogP) is 2.15. The first-order valence-electron chi connectivity index (χ1n) is 8.72. The average Bonchev–Trinajstić information content (AvgIpc) is 3.14. The molecule has 0 aliphatic carbocycles. The molecule has 2 aromatic carbocycles. The summed E-state index contributed by atoms with van der Waals surface area (Å²) in [7, 11) is 0. The van der Waals surface area contributed by atoms with E-state index in [2.05, 4.69) is 15.8 Å². The van der Waals surface area contributed by atoms with Crippen molar-refractivity contribution in [3.05, 3.63) is 66.1 Å². The summed E-state index contributed by atoms with van der Waals surface area (Å²) in [6.45, 7) is 1.42. The van der Waals surface area contributed by atoms with Gasteiger partial charge in [-0.25, -0.2) is 4.98 Å². The van der Waals surface area contributed by atoms with Crippen LogP contribution in [0.5, 0.6) is 0 Å². The first-order valence-corrected chi connectivity index (χ1v) is 8.72. The highest BCUT2D eigenvalue weighted by atomic mass is 16.5. The monoisotopic (exact) mass is 381 g/mol. The third kappa shape index (κ3) is 4.94. The Morgan fingerprint density at radius 1 is 1.04 bits per heavy atom. The summed E-state index contributed by atoms with van der Waals surface area (Å²) in [5, 5.41) is 0. The van der Waals surface area contributed by atoms with Gasteiger partial charge in [-0.1, -0.05) is 30.3 Å². The number of hydrazine groups is 1. The number of aromatic nitrogens is 1. The van der Waals surface area contributed by atoms with Crippen LogP contribution in [0.2, 0.25) is 0 Å². The molecule has 3 aromatic rings. The molecule has 0 aliphatic heterocycles. The van der Waals surface area contributed by atoms with Crippen molar-refractivity contribution in [2.24, 2.45) is 0 Å². The molecule has 8 nitrogen and oxygen atoms in total. The number of nitrogens with zero attached hydrogens (tertiary/aromatic N) is 1. The van der Waals surface area contributed by atoms with Crippen molar-refractivity contribution in [2.45, 2.75) is 25.9 Å². The summed E-state index contributed by atoms with van der Waals surface area (Å²) in [6, 6.07) is 15.7. The SMILES string of the molecule is C[C@H](OC(=O)CCc1nc2ccccc2o1)C(=O)NNC(=O)c1ccccc1. The van der Waals surface area contributed by atoms with E-state index in [9.17, 15) is 14.4 Å². The van der Waals surface area contributed by atoms with Gasteiger partial charge in [0, 0.05) is 12.0 Å². The zero-order chi connectivity index (χ0) is 19.9. The molecule has 0 spiro atoms. The van der Waals surface area contributed by atoms with Crippen LogP contribution in [-0.4, -0.2) is 28.9 Å². The van der Waals surface area contributed by atoms with E-state index in [0.717, 1.165) is 0 Å². The minimum Gasteiger partial charge on any atom is -0.452 e. The molecule has 2 amide bonds. The number of nitrogens with one attached hydrogen (secondary N) is 2. The fraction of sp³-hybridized carbons (Fsp3) is 0.200. The zero-order valence-electron chi connectivity index (χ0n) is 15.2. The Morgan fingerprint density at radius 3 is 2.50 bits per heavy atom. The average molecular weight is 381 g/mol. The lowest BCUT2D eigenvalue weighted by Crippen LogP contribution is -2.46. The van der Waals surface area contributed by atoms with Gasteiger partial charge in [0.25, 0.3) is 11.8 Å². The van der Waals surface area contributed by atoms with Crippen LogP contribution in [0.25, 0.3) is 11.1 Å². The molecule has 1 atom stereocenters. The summed E-state index contributed by atoms with van der Waals surface area (Å²) in [5.41, 5.74) is 6.26. The normalized spacial score (nSPS) is 11.6. The number of hydrogen-bond acceptors (Lipinski definition) is 6. The summed E-state index contributed by atoms with van der Waals surface area (Å²) in [4.78, 5) is 40.1. The summed E-state index contributed by atoms with van der Waals surface area (Å²) in [6.07, 6.45) is -0.792. The molecule has 0 bridgehead atoms. The second kappa shape index (κ2) is 8.81. The fourth-order valence-electron chi connectivity index (χ4n) is 2.43. The second-order valence-corrected chi connectivity index (χ2v) is 6.02. The Balaban J connectivity index is 1.42. The van der Waals surface area contributed by atoms with Gasteiger partial charge in [0.1, 0.15) is 5.52 Å². The maximum Gasteiger partial charge on any atom is 0.307 e. The van der Waals surface area contributed by atoms with Crippen LogP contribution in [0.4, 0.5) is 0 Å². The van der Waals surface area contributed by atoms with Crippen LogP contribution in [0.3, 0.4) is 0 Å². The third-order valence-corrected chi connectivity index (χ3v) is 3.89. The Morgan fingerprint density at radius 2 is 1.75 bits per heavy atom. The van der Waals surface area contributed by atoms with Gasteiger partial charge in [-0.3, -0.25) is 25.2 Å². The van der Waals surface area contributed by atoms with Crippen LogP contribution < -0.4 is 10.9 Å². The molecule has 3 rings (SSSR count). The molecule has 28 heavy (non-hydrogen) atoms. The van der Waals surface area contributed by atoms with Crippen LogP contribution in [-0.2, 0) is 20.7 Å². The number of fused-ring (bicyclic) bond motifs is 1. The lowest BCUT2D eigenvalue weighted by Gasteiger charge is -2.13. The standard InChI is InChI=1S/C20H19N3O5/c1-13(19(25)22-23-20(26)14-7-3-2-4-8-14)27-18(24)12-11-17-21-15-9-5-6-10-16(15)28-17/h2-10,13H,11-12H2,1H3,(H,22,25)(H,23,26)/t13-/m0/s1. The van der Waals surface area contributed by atoms with E-state index in [4.69, 9.17) is 9.15 Å². The number of esters is 1. The number of carbonyl (C=O) groups excluding carboxylic acids is 3. The van der Waals surface area contributed by atoms with E-state index < -0.39 is 23.9 Å². The van der Waals surface area contributed by atoms with Crippen LogP contribution in [0, 0.1) is 0 Å². The smallest absolute Gasteiger partial charge is 0.307 e. The predicted molar refractivity (Wildman–Crippen MR) is 99.9 cm³/mol. The molecule has 0 unspecified atom stereocenters. The lowest BCUT2D eigenvalue weighted by molar-refractivity contribution is -0.155. The van der Waals surface area contributed by atoms with Gasteiger partial charge in [-0.05, 0) is 31.2 Å². The topological polar surface area (TPSA) is 111 Å². The summed E-state index contributed by atoms with van der Waals surface area (Å²) >= 11 is 0. The summed E-state index contributed by atoms with van der Waals surface area (Å²) in [5.74, 6) is -1.26. The van der Waals surface area contributed by atoms with E-state index >= 15 is 0 Å². The Hall–Kier alpha value is -3.68. The Kier molecular flexibility index (Phi) is 6.01. The molecule has 0 fully saturated rings. The molecule has 2 N–H and O–H groups in total. The van der Waals surface area contributed by atoms with E-state index in [1.807, 2.05) is 18.2 Å². The van der Waals surface area contributed by atoms with E-state index in [-0.39, 0.29) is 12.8 Å². The number of aryl methyl sites for hydroxylation is 1. The van der Waals surface area contributed by atoms with Crippen LogP contribution >= 0.6 is 0 Å². The van der Waals surface area contributed by atoms with Crippen molar-refractivity contribution >= 4 is 28.9 Å². The molecule has 1 heterocycles. The van der Waals surface area contributed by atoms with Gasteiger partial charge < -0.3 is 9.15 Å². The quantitative estimate of drug-likeness (QED) is 0.500. The maximum atomic E-state index is 12.0. The number of para-hydroxylation sites is 2. The molecule has 0 aliphatic rings. The fourth-order valence-corrected chi connectivity index (χ4v) is 2.43. The second-order valence-electron chi connectivity index (χ2n) is 6.02. The van der Waals surface area contributed by atoms with Crippen LogP contribution in [0.1, 0.15) is 29.6 Å². The van der Waals surface area contributed by atoms with Gasteiger partial charge in [0.05, 0.1) is 6.42 Å². The van der Waals surface area contributed by atoms with Crippen molar-refractivity contribution < 1.29 is 23.5 Å². The minimum absolute atomic E-state index is 0.0147. The van der Waals surface area contributed by atoms with Gasteiger partial charge in [0.2, 0.25) is 0 Å². The number of oxazole rings is 1. The molecule has 8 heteroatoms. The van der Waals surface area contributed by atoms with Crippen molar-refractivity contribution in [2.75, 3.05) is 0 Å². The third-order valence-electron chi connectivity index (χ3n) is 3.89. The number of benzene rings is 2. The van der Waals surface area contributed by atoms with Gasteiger partial charge in [-0.2, -0.15) is 0 Å². The van der Waals surface area contributed by atoms with Crippen molar-refractivity contribution in [1.82, 2.24) is 15.8 Å². The number of carbonyl (C=O) groups is 3. The molecule has 0 saturated carbocycles. The molecule has 0 saturated heterocycles. The molecule has 1 aromatic heterocycles. The Labute approximate surface area is 160 Å². The molecule has 144 valence electrons. The Bertz CT molecular complexity index is 951. The zero-order valence-corrected chi connectivity index (χ0v) is 15.2. The number of rotatable bonds is 6. The largest absolute Gasteiger partial charge is 0.452 e. The van der Waals surface area contributed by atoms with Crippen molar-refractivity contribution in [3.8, 4) is 0 Å². The van der Waals surface area contributed by atoms with Crippen molar-refractivity contribution in [1.29, 1.82) is 0 Å². The highest BCUT2D eigenvalue weighted by Crippen LogP contribution is 2.15. The number of amides is 2. The van der Waals surface area contributed by atoms with Gasteiger partial charge in [-0.15, -0.1) is 0 Å². The van der Waals surface area contributed by atoms with E-state index in [0.29, 0.717) is 22.6 Å². The van der Waals surface area contributed by atoms with Crippen LogP contribution in [0.15, 0.2) is 59.0 Å². The van der Waals surface area contributed by atoms with E-state index in [1.165, 1.54) is 6.92 Å². The molecule has 0 radical (unpaired) electrons.